The molecule has 1 N–H and O–H groups in total. The molecule has 3 aromatic rings. The topological polar surface area (TPSA) is 125 Å². The van der Waals surface area contributed by atoms with Crippen LogP contribution in [0.1, 0.15) is 25.0 Å². The second-order valence-electron chi connectivity index (χ2n) is 8.14. The van der Waals surface area contributed by atoms with Gasteiger partial charge in [0.25, 0.3) is 0 Å². The molecule has 7 nitrogen and oxygen atoms in total. The van der Waals surface area contributed by atoms with Crippen molar-refractivity contribution < 1.29 is 25.6 Å². The molecule has 0 amide bonds. The monoisotopic (exact) mass is 504 g/mol. The Kier molecular flexibility index (Phi) is 6.16. The molecule has 0 aliphatic carbocycles. The Morgan fingerprint density at radius 3 is 2.24 bits per heavy atom. The third-order valence-electron chi connectivity index (χ3n) is 5.22. The van der Waals surface area contributed by atoms with Crippen molar-refractivity contribution in [2.45, 2.75) is 23.5 Å². The van der Waals surface area contributed by atoms with Crippen LogP contribution < -0.4 is 5.43 Å². The van der Waals surface area contributed by atoms with Crippen LogP contribution in [-0.4, -0.2) is 39.1 Å². The zero-order valence-electron chi connectivity index (χ0n) is 18.4. The van der Waals surface area contributed by atoms with Crippen LogP contribution in [0.15, 0.2) is 40.0 Å². The summed E-state index contributed by atoms with van der Waals surface area (Å²) in [6.45, 7) is 2.56. The minimum absolute atomic E-state index is 0.0138. The molecule has 0 saturated heterocycles. The molecule has 3 rings (SSSR count). The normalized spacial score (nSPS) is 12.1. The van der Waals surface area contributed by atoms with Crippen LogP contribution in [0.25, 0.3) is 22.2 Å². The lowest BCUT2D eigenvalue weighted by molar-refractivity contribution is 0.579. The van der Waals surface area contributed by atoms with E-state index in [1.165, 1.54) is 32.0 Å². The van der Waals surface area contributed by atoms with Gasteiger partial charge in [0.05, 0.1) is 38.7 Å². The van der Waals surface area contributed by atoms with Crippen molar-refractivity contribution in [2.75, 3.05) is 12.5 Å². The number of aromatic nitrogens is 1. The second kappa shape index (κ2) is 8.35. The van der Waals surface area contributed by atoms with Gasteiger partial charge in [0.2, 0.25) is 0 Å². The van der Waals surface area contributed by atoms with E-state index in [0.29, 0.717) is 0 Å². The molecule has 0 fully saturated rings. The lowest BCUT2D eigenvalue weighted by Gasteiger charge is -2.14. The molecule has 0 aliphatic rings. The molecular weight excluding hydrogens is 486 g/mol. The van der Waals surface area contributed by atoms with Gasteiger partial charge in [0.1, 0.15) is 10.6 Å². The number of sulfone groups is 2. The average Bonchev–Trinajstić information content (AvgIpc) is 2.70. The zero-order chi connectivity index (χ0) is 25.6. The molecule has 0 atom stereocenters. The second-order valence-corrected chi connectivity index (χ2v) is 12.7. The van der Waals surface area contributed by atoms with Gasteiger partial charge in [-0.1, -0.05) is 11.8 Å². The summed E-state index contributed by atoms with van der Waals surface area (Å²) in [6, 6.07) is 7.36. The molecule has 1 aromatic heterocycles. The molecule has 11 heteroatoms. The number of rotatable bonds is 3. The van der Waals surface area contributed by atoms with Crippen LogP contribution in [0.3, 0.4) is 0 Å². The van der Waals surface area contributed by atoms with Crippen molar-refractivity contribution in [1.29, 1.82) is 5.26 Å². The van der Waals surface area contributed by atoms with Crippen LogP contribution >= 0.6 is 0 Å². The summed E-state index contributed by atoms with van der Waals surface area (Å²) in [6.07, 6.45) is 1.88. The lowest BCUT2D eigenvalue weighted by Crippen LogP contribution is -2.28. The number of benzene rings is 2. The smallest absolute Gasteiger partial charge is 0.193 e. The SMILES string of the molecule is CC(C)(C#Cc1c(F)cc2[nH]c(-c3cc(C#N)ccc3S(C)(=O)=O)cc(=O)c2c1F)S(C)(=O)=O. The van der Waals surface area contributed by atoms with Gasteiger partial charge >= 0.3 is 0 Å². The third kappa shape index (κ3) is 4.58. The minimum Gasteiger partial charge on any atom is -0.354 e. The molecule has 176 valence electrons. The highest BCUT2D eigenvalue weighted by Gasteiger charge is 2.28. The molecule has 34 heavy (non-hydrogen) atoms. The molecule has 0 bridgehead atoms. The number of fused-ring (bicyclic) bond motifs is 1. The predicted molar refractivity (Wildman–Crippen MR) is 124 cm³/mol. The van der Waals surface area contributed by atoms with E-state index >= 15 is 4.39 Å². The van der Waals surface area contributed by atoms with E-state index < -0.39 is 52.4 Å². The van der Waals surface area contributed by atoms with E-state index in [-0.39, 0.29) is 27.2 Å². The molecule has 1 heterocycles. The van der Waals surface area contributed by atoms with Crippen LogP contribution in [0.5, 0.6) is 0 Å². The van der Waals surface area contributed by atoms with E-state index in [2.05, 4.69) is 16.8 Å². The van der Waals surface area contributed by atoms with Crippen LogP contribution in [0.4, 0.5) is 8.78 Å². The maximum Gasteiger partial charge on any atom is 0.193 e. The first-order chi connectivity index (χ1) is 15.6. The van der Waals surface area contributed by atoms with Crippen LogP contribution in [-0.2, 0) is 19.7 Å². The van der Waals surface area contributed by atoms with E-state index in [1.54, 1.807) is 0 Å². The highest BCUT2D eigenvalue weighted by Crippen LogP contribution is 2.29. The zero-order valence-corrected chi connectivity index (χ0v) is 20.1. The van der Waals surface area contributed by atoms with Gasteiger partial charge in [-0.2, -0.15) is 5.26 Å². The number of nitrogens with one attached hydrogen (secondary N) is 1. The predicted octanol–water partition coefficient (Wildman–Crippen LogP) is 2.92. The fraction of sp³-hybridized carbons (Fsp3) is 0.217. The number of aromatic amines is 1. The van der Waals surface area contributed by atoms with Gasteiger partial charge in [0, 0.05) is 24.1 Å². The summed E-state index contributed by atoms with van der Waals surface area (Å²) < 4.78 is 76.3. The largest absolute Gasteiger partial charge is 0.354 e. The van der Waals surface area contributed by atoms with Crippen LogP contribution in [0.2, 0.25) is 0 Å². The Morgan fingerprint density at radius 2 is 1.68 bits per heavy atom. The van der Waals surface area contributed by atoms with Crippen molar-refractivity contribution in [3.8, 4) is 29.2 Å². The number of pyridine rings is 1. The van der Waals surface area contributed by atoms with Crippen LogP contribution in [0, 0.1) is 34.8 Å². The van der Waals surface area contributed by atoms with Crippen molar-refractivity contribution in [3.05, 3.63) is 63.3 Å². The Labute approximate surface area is 194 Å². The summed E-state index contributed by atoms with van der Waals surface area (Å²) in [5.74, 6) is 2.09. The third-order valence-corrected chi connectivity index (χ3v) is 8.33. The van der Waals surface area contributed by atoms with E-state index in [1.807, 2.05) is 6.07 Å². The summed E-state index contributed by atoms with van der Waals surface area (Å²) in [7, 11) is -7.44. The Bertz CT molecular complexity index is 1740. The average molecular weight is 505 g/mol. The number of nitriles is 1. The molecule has 0 spiro atoms. The quantitative estimate of drug-likeness (QED) is 0.547. The van der Waals surface area contributed by atoms with Crippen molar-refractivity contribution in [3.63, 3.8) is 0 Å². The number of halogens is 2. The van der Waals surface area contributed by atoms with Gasteiger partial charge in [-0.25, -0.2) is 25.6 Å². The molecule has 0 unspecified atom stereocenters. The van der Waals surface area contributed by atoms with Crippen molar-refractivity contribution in [1.82, 2.24) is 4.98 Å². The van der Waals surface area contributed by atoms with Crippen molar-refractivity contribution >= 4 is 30.6 Å². The van der Waals surface area contributed by atoms with Gasteiger partial charge in [-0.15, -0.1) is 0 Å². The van der Waals surface area contributed by atoms with Gasteiger partial charge in [-0.05, 0) is 38.1 Å². The number of hydrogen-bond donors (Lipinski definition) is 1. The van der Waals surface area contributed by atoms with E-state index in [4.69, 9.17) is 5.26 Å². The minimum atomic E-state index is -3.78. The molecule has 0 radical (unpaired) electrons. The number of hydrogen-bond acceptors (Lipinski definition) is 6. The fourth-order valence-electron chi connectivity index (χ4n) is 3.04. The molecular formula is C23H18F2N2O5S2. The van der Waals surface area contributed by atoms with Crippen molar-refractivity contribution in [2.24, 2.45) is 0 Å². The van der Waals surface area contributed by atoms with E-state index in [0.717, 1.165) is 24.6 Å². The van der Waals surface area contributed by atoms with E-state index in [9.17, 15) is 26.0 Å². The Hall–Kier alpha value is -3.54. The lowest BCUT2D eigenvalue weighted by atomic mass is 10.0. The van der Waals surface area contributed by atoms with Gasteiger partial charge in [0.15, 0.2) is 30.9 Å². The highest BCUT2D eigenvalue weighted by atomic mass is 32.2. The first-order valence-electron chi connectivity index (χ1n) is 9.59. The Morgan fingerprint density at radius 1 is 1.03 bits per heavy atom. The standard InChI is InChI=1S/C23H18F2N2O5S2/c1-23(2,34(4,31)32)8-7-14-16(24)10-18-21(22(14)25)19(28)11-17(27-18)15-9-13(12-26)5-6-20(15)33(3,29)30/h5-6,9-11H,1-4H3,(H,27,28). The highest BCUT2D eigenvalue weighted by molar-refractivity contribution is 7.92. The van der Waals surface area contributed by atoms with Gasteiger partial charge < -0.3 is 4.98 Å². The number of H-pyrrole nitrogens is 1. The number of nitrogens with zero attached hydrogens (tertiary/aromatic N) is 1. The molecule has 0 saturated carbocycles. The summed E-state index contributed by atoms with van der Waals surface area (Å²) in [4.78, 5) is 15.3. The maximum absolute atomic E-state index is 15.1. The molecule has 0 aliphatic heterocycles. The van der Waals surface area contributed by atoms with Gasteiger partial charge in [-0.3, -0.25) is 4.79 Å². The Balaban J connectivity index is 2.32. The first-order valence-corrected chi connectivity index (χ1v) is 13.4. The first kappa shape index (κ1) is 25.1. The summed E-state index contributed by atoms with van der Waals surface area (Å²) in [5.41, 5.74) is -1.91. The fourth-order valence-corrected chi connectivity index (χ4v) is 4.16. The summed E-state index contributed by atoms with van der Waals surface area (Å²) >= 11 is 0. The molecule has 2 aromatic carbocycles. The summed E-state index contributed by atoms with van der Waals surface area (Å²) in [5, 5.41) is 8.63. The maximum atomic E-state index is 15.1.